The zero-order valence-corrected chi connectivity index (χ0v) is 15.3. The van der Waals surface area contributed by atoms with Crippen LogP contribution in [0.4, 0.5) is 0 Å². The highest BCUT2D eigenvalue weighted by Crippen LogP contribution is 2.23. The molecule has 0 aromatic heterocycles. The Hall–Kier alpha value is -3.21. The van der Waals surface area contributed by atoms with Crippen molar-refractivity contribution in [1.82, 2.24) is 4.90 Å². The predicted octanol–water partition coefficient (Wildman–Crippen LogP) is 3.63. The minimum Gasteiger partial charge on any atom is -0.458 e. The number of nitrogens with zero attached hydrogens (tertiary/aromatic N) is 1. The Balaban J connectivity index is 1.71. The quantitative estimate of drug-likeness (QED) is 0.581. The van der Waals surface area contributed by atoms with Gasteiger partial charge in [0.05, 0.1) is 11.1 Å². The molecule has 1 aliphatic heterocycles. The Kier molecular flexibility index (Phi) is 5.50. The van der Waals surface area contributed by atoms with Gasteiger partial charge in [-0.1, -0.05) is 42.5 Å². The van der Waals surface area contributed by atoms with Crippen LogP contribution in [0.15, 0.2) is 54.6 Å². The summed E-state index contributed by atoms with van der Waals surface area (Å²) in [5.74, 6) is -1.02. The first-order valence-electron chi connectivity index (χ1n) is 8.83. The maximum atomic E-state index is 12.4. The monoisotopic (exact) mass is 363 g/mol. The van der Waals surface area contributed by atoms with Crippen LogP contribution in [0.2, 0.25) is 0 Å². The number of carbonyl (C=O) groups is 3. The summed E-state index contributed by atoms with van der Waals surface area (Å²) in [4.78, 5) is 37.5. The number of imide groups is 1. The summed E-state index contributed by atoms with van der Waals surface area (Å²) in [7, 11) is 0. The molecule has 0 bridgehead atoms. The van der Waals surface area contributed by atoms with Crippen molar-refractivity contribution in [2.75, 3.05) is 6.54 Å². The van der Waals surface area contributed by atoms with Gasteiger partial charge in [0.25, 0.3) is 11.8 Å². The second-order valence-corrected chi connectivity index (χ2v) is 6.46. The summed E-state index contributed by atoms with van der Waals surface area (Å²) in [5, 5.41) is 0. The summed E-state index contributed by atoms with van der Waals surface area (Å²) < 4.78 is 5.34. The molecule has 0 fully saturated rings. The van der Waals surface area contributed by atoms with Gasteiger partial charge in [-0.05, 0) is 36.3 Å². The highest BCUT2D eigenvalue weighted by molar-refractivity contribution is 6.21. The fourth-order valence-corrected chi connectivity index (χ4v) is 3.09. The lowest BCUT2D eigenvalue weighted by Gasteiger charge is -2.18. The van der Waals surface area contributed by atoms with E-state index in [2.05, 4.69) is 0 Å². The lowest BCUT2D eigenvalue weighted by molar-refractivity contribution is -0.144. The van der Waals surface area contributed by atoms with Crippen LogP contribution in [0.1, 0.15) is 45.2 Å². The average Bonchev–Trinajstić information content (AvgIpc) is 2.89. The largest absolute Gasteiger partial charge is 0.458 e. The van der Waals surface area contributed by atoms with Gasteiger partial charge in [0.2, 0.25) is 0 Å². The maximum absolute atomic E-state index is 12.4. The number of hydrogen-bond acceptors (Lipinski definition) is 4. The zero-order valence-electron chi connectivity index (χ0n) is 15.3. The fourth-order valence-electron chi connectivity index (χ4n) is 3.09. The number of rotatable bonds is 6. The van der Waals surface area contributed by atoms with Gasteiger partial charge in [0.15, 0.2) is 0 Å². The summed E-state index contributed by atoms with van der Waals surface area (Å²) in [5.41, 5.74) is 2.97. The number of carbonyl (C=O) groups excluding carboxylic acids is 3. The van der Waals surface area contributed by atoms with Crippen LogP contribution in [0.3, 0.4) is 0 Å². The van der Waals surface area contributed by atoms with E-state index in [0.717, 1.165) is 11.1 Å². The van der Waals surface area contributed by atoms with Crippen molar-refractivity contribution < 1.29 is 19.1 Å². The molecule has 0 saturated carbocycles. The molecule has 1 aliphatic rings. The van der Waals surface area contributed by atoms with Crippen molar-refractivity contribution in [1.29, 1.82) is 0 Å². The highest BCUT2D eigenvalue weighted by Gasteiger charge is 2.35. The molecule has 2 aromatic rings. The van der Waals surface area contributed by atoms with Gasteiger partial charge in [-0.2, -0.15) is 0 Å². The molecule has 3 rings (SSSR count). The third-order valence-corrected chi connectivity index (χ3v) is 4.51. The zero-order chi connectivity index (χ0) is 19.4. The minimum absolute atomic E-state index is 0.183. The molecule has 2 amide bonds. The Morgan fingerprint density at radius 3 is 2.22 bits per heavy atom. The lowest BCUT2D eigenvalue weighted by atomic mass is 10.1. The summed E-state index contributed by atoms with van der Waals surface area (Å²) in [6.45, 7) is 3.53. The van der Waals surface area contributed by atoms with Crippen LogP contribution < -0.4 is 0 Å². The van der Waals surface area contributed by atoms with Crippen molar-refractivity contribution in [2.45, 2.75) is 26.4 Å². The van der Waals surface area contributed by atoms with Crippen LogP contribution >= 0.6 is 0 Å². The molecule has 0 spiro atoms. The number of ether oxygens (including phenoxy) is 1. The van der Waals surface area contributed by atoms with E-state index < -0.39 is 12.1 Å². The van der Waals surface area contributed by atoms with Crippen molar-refractivity contribution in [3.63, 3.8) is 0 Å². The Bertz CT molecular complexity index is 881. The third-order valence-electron chi connectivity index (χ3n) is 4.51. The number of fused-ring (bicyclic) bond motifs is 1. The van der Waals surface area contributed by atoms with Crippen LogP contribution in [0.25, 0.3) is 6.08 Å². The molecule has 27 heavy (non-hydrogen) atoms. The SMILES string of the molecule is CC(=O)OC(/C=C/c1ccccc1C)CCN1C(=O)c2ccccc2C1=O. The second kappa shape index (κ2) is 7.99. The van der Waals surface area contributed by atoms with Gasteiger partial charge in [-0.3, -0.25) is 19.3 Å². The van der Waals surface area contributed by atoms with Gasteiger partial charge < -0.3 is 4.74 Å². The van der Waals surface area contributed by atoms with Crippen LogP contribution in [0, 0.1) is 6.92 Å². The first-order chi connectivity index (χ1) is 13.0. The smallest absolute Gasteiger partial charge is 0.303 e. The van der Waals surface area contributed by atoms with Gasteiger partial charge in [-0.25, -0.2) is 0 Å². The first-order valence-corrected chi connectivity index (χ1v) is 8.83. The van der Waals surface area contributed by atoms with Crippen molar-refractivity contribution in [3.8, 4) is 0 Å². The number of aryl methyl sites for hydroxylation is 1. The van der Waals surface area contributed by atoms with Gasteiger partial charge in [0, 0.05) is 19.9 Å². The molecule has 5 heteroatoms. The molecular formula is C22H21NO4. The number of esters is 1. The molecule has 138 valence electrons. The highest BCUT2D eigenvalue weighted by atomic mass is 16.5. The molecule has 2 aromatic carbocycles. The Morgan fingerprint density at radius 2 is 1.63 bits per heavy atom. The van der Waals surface area contributed by atoms with Gasteiger partial charge in [-0.15, -0.1) is 0 Å². The maximum Gasteiger partial charge on any atom is 0.303 e. The van der Waals surface area contributed by atoms with E-state index in [4.69, 9.17) is 4.74 Å². The van der Waals surface area contributed by atoms with E-state index in [1.165, 1.54) is 11.8 Å². The summed E-state index contributed by atoms with van der Waals surface area (Å²) >= 11 is 0. The molecule has 0 saturated heterocycles. The van der Waals surface area contributed by atoms with Gasteiger partial charge in [0.1, 0.15) is 6.10 Å². The predicted molar refractivity (Wildman–Crippen MR) is 102 cm³/mol. The normalized spacial score (nSPS) is 14.5. The molecule has 0 N–H and O–H groups in total. The van der Waals surface area contributed by atoms with E-state index in [1.54, 1.807) is 30.3 Å². The fraction of sp³-hybridized carbons (Fsp3) is 0.227. The molecule has 1 atom stereocenters. The van der Waals surface area contributed by atoms with E-state index in [0.29, 0.717) is 17.5 Å². The second-order valence-electron chi connectivity index (χ2n) is 6.46. The molecule has 1 heterocycles. The Morgan fingerprint density at radius 1 is 1.04 bits per heavy atom. The molecular weight excluding hydrogens is 342 g/mol. The van der Waals surface area contributed by atoms with Crippen molar-refractivity contribution in [2.24, 2.45) is 0 Å². The van der Waals surface area contributed by atoms with Crippen molar-refractivity contribution >= 4 is 23.9 Å². The topological polar surface area (TPSA) is 63.7 Å². The van der Waals surface area contributed by atoms with Gasteiger partial charge >= 0.3 is 5.97 Å². The summed E-state index contributed by atoms with van der Waals surface area (Å²) in [6, 6.07) is 14.6. The van der Waals surface area contributed by atoms with Crippen LogP contribution in [0.5, 0.6) is 0 Å². The van der Waals surface area contributed by atoms with E-state index >= 15 is 0 Å². The summed E-state index contributed by atoms with van der Waals surface area (Å²) in [6.07, 6.45) is 3.51. The number of benzene rings is 2. The third kappa shape index (κ3) is 4.14. The lowest BCUT2D eigenvalue weighted by Crippen LogP contribution is -2.33. The molecule has 1 unspecified atom stereocenters. The van der Waals surface area contributed by atoms with Crippen LogP contribution in [-0.4, -0.2) is 35.3 Å². The Labute approximate surface area is 158 Å². The number of amides is 2. The first kappa shape index (κ1) is 18.6. The minimum atomic E-state index is -0.522. The number of hydrogen-bond donors (Lipinski definition) is 0. The molecule has 5 nitrogen and oxygen atoms in total. The molecule has 0 radical (unpaired) electrons. The van der Waals surface area contributed by atoms with E-state index in [9.17, 15) is 14.4 Å². The molecule has 0 aliphatic carbocycles. The van der Waals surface area contributed by atoms with Crippen LogP contribution in [-0.2, 0) is 9.53 Å². The standard InChI is InChI=1S/C22H21NO4/c1-15-7-3-4-8-17(15)11-12-18(27-16(2)24)13-14-23-21(25)19-9-5-6-10-20(19)22(23)26/h3-12,18H,13-14H2,1-2H3/b12-11+. The van der Waals surface area contributed by atoms with E-state index in [-0.39, 0.29) is 18.4 Å². The van der Waals surface area contributed by atoms with E-state index in [1.807, 2.05) is 37.3 Å². The average molecular weight is 363 g/mol. The van der Waals surface area contributed by atoms with Crippen molar-refractivity contribution in [3.05, 3.63) is 76.9 Å².